The predicted molar refractivity (Wildman–Crippen MR) is 66.5 cm³/mol. The molecule has 0 fully saturated rings. The third-order valence-electron chi connectivity index (χ3n) is 2.12. The van der Waals surface area contributed by atoms with Crippen molar-refractivity contribution in [1.29, 1.82) is 0 Å². The Balaban J connectivity index is 2.67. The van der Waals surface area contributed by atoms with E-state index in [2.05, 4.69) is 5.32 Å². The van der Waals surface area contributed by atoms with E-state index in [1.165, 1.54) is 6.07 Å². The van der Waals surface area contributed by atoms with Gasteiger partial charge in [0.05, 0.1) is 5.75 Å². The van der Waals surface area contributed by atoms with Crippen molar-refractivity contribution in [1.82, 2.24) is 5.32 Å². The zero-order chi connectivity index (χ0) is 13.1. The summed E-state index contributed by atoms with van der Waals surface area (Å²) < 4.78 is 21.4. The maximum Gasteiger partial charge on any atom is 0.251 e. The number of carbonyl (C=O) groups is 1. The van der Waals surface area contributed by atoms with Gasteiger partial charge in [-0.15, -0.1) is 0 Å². The molecule has 0 saturated carbocycles. The van der Waals surface area contributed by atoms with Crippen LogP contribution < -0.4 is 10.5 Å². The summed E-state index contributed by atoms with van der Waals surface area (Å²) in [6.45, 7) is 1.74. The van der Waals surface area contributed by atoms with E-state index in [0.29, 0.717) is 10.6 Å². The first-order valence-corrected chi connectivity index (χ1v) is 6.94. The number of rotatable bonds is 4. The topological polar surface area (TPSA) is 89.3 Å². The van der Waals surface area contributed by atoms with E-state index in [1.54, 1.807) is 19.1 Å². The molecule has 0 atom stereocenters. The molecule has 0 aliphatic carbocycles. The molecule has 1 aromatic rings. The number of nitrogens with two attached hydrogens (primary N) is 1. The maximum atomic E-state index is 11.7. The summed E-state index contributed by atoms with van der Waals surface area (Å²) >= 11 is 5.77. The second kappa shape index (κ2) is 5.48. The molecule has 3 N–H and O–H groups in total. The van der Waals surface area contributed by atoms with Gasteiger partial charge in [-0.1, -0.05) is 17.7 Å². The first-order chi connectivity index (χ1) is 7.79. The summed E-state index contributed by atoms with van der Waals surface area (Å²) in [6, 6.07) is 4.93. The first-order valence-electron chi connectivity index (χ1n) is 4.84. The molecule has 0 aliphatic rings. The molecule has 0 bridgehead atoms. The highest BCUT2D eigenvalue weighted by Crippen LogP contribution is 2.15. The molecule has 5 nitrogen and oxygen atoms in total. The normalized spacial score (nSPS) is 11.2. The Hall–Kier alpha value is -1.11. The van der Waals surface area contributed by atoms with Crippen LogP contribution in [0.5, 0.6) is 0 Å². The largest absolute Gasteiger partial charge is 0.351 e. The van der Waals surface area contributed by atoms with E-state index in [-0.39, 0.29) is 18.2 Å². The number of carbonyl (C=O) groups excluding carboxylic acids is 1. The summed E-state index contributed by atoms with van der Waals surface area (Å²) in [5.41, 5.74) is 1.19. The van der Waals surface area contributed by atoms with Crippen molar-refractivity contribution in [3.8, 4) is 0 Å². The van der Waals surface area contributed by atoms with Crippen LogP contribution in [0.2, 0.25) is 5.02 Å². The van der Waals surface area contributed by atoms with Gasteiger partial charge in [0.1, 0.15) is 0 Å². The average molecular weight is 277 g/mol. The molecule has 7 heteroatoms. The fraction of sp³-hybridized carbons (Fsp3) is 0.300. The van der Waals surface area contributed by atoms with E-state index in [1.807, 2.05) is 0 Å². The third kappa shape index (κ3) is 4.72. The van der Waals surface area contributed by atoms with E-state index in [4.69, 9.17) is 16.7 Å². The van der Waals surface area contributed by atoms with Crippen LogP contribution in [0.1, 0.15) is 15.9 Å². The number of amides is 1. The van der Waals surface area contributed by atoms with Crippen LogP contribution in [0.3, 0.4) is 0 Å². The van der Waals surface area contributed by atoms with Crippen LogP contribution in [0.4, 0.5) is 0 Å². The van der Waals surface area contributed by atoms with E-state index in [9.17, 15) is 13.2 Å². The van der Waals surface area contributed by atoms with Gasteiger partial charge in [-0.2, -0.15) is 0 Å². The number of halogens is 1. The summed E-state index contributed by atoms with van der Waals surface area (Å²) in [5.74, 6) is -0.660. The van der Waals surface area contributed by atoms with Gasteiger partial charge in [0.2, 0.25) is 10.0 Å². The molecule has 0 aliphatic heterocycles. The Bertz CT molecular complexity index is 528. The zero-order valence-electron chi connectivity index (χ0n) is 9.23. The lowest BCUT2D eigenvalue weighted by atomic mass is 10.1. The van der Waals surface area contributed by atoms with E-state index >= 15 is 0 Å². The zero-order valence-corrected chi connectivity index (χ0v) is 10.8. The van der Waals surface area contributed by atoms with Gasteiger partial charge in [0.15, 0.2) is 0 Å². The number of hydrogen-bond acceptors (Lipinski definition) is 3. The Morgan fingerprint density at radius 3 is 2.71 bits per heavy atom. The van der Waals surface area contributed by atoms with Crippen LogP contribution in [-0.2, 0) is 10.0 Å². The Kier molecular flexibility index (Phi) is 4.50. The number of hydrogen-bond donors (Lipinski definition) is 2. The highest BCUT2D eigenvalue weighted by atomic mass is 35.5. The monoisotopic (exact) mass is 276 g/mol. The van der Waals surface area contributed by atoms with Gasteiger partial charge in [0, 0.05) is 17.1 Å². The predicted octanol–water partition coefficient (Wildman–Crippen LogP) is 0.667. The number of primary sulfonamides is 1. The number of benzene rings is 1. The van der Waals surface area contributed by atoms with Gasteiger partial charge in [-0.25, -0.2) is 13.6 Å². The minimum Gasteiger partial charge on any atom is -0.351 e. The molecule has 0 radical (unpaired) electrons. The van der Waals surface area contributed by atoms with Gasteiger partial charge >= 0.3 is 0 Å². The lowest BCUT2D eigenvalue weighted by molar-refractivity contribution is 0.0955. The molecular weight excluding hydrogens is 264 g/mol. The fourth-order valence-corrected chi connectivity index (χ4v) is 1.80. The van der Waals surface area contributed by atoms with Crippen molar-refractivity contribution in [2.24, 2.45) is 5.14 Å². The molecule has 0 spiro atoms. The standard InChI is InChI=1S/C10H13ClN2O3S/c1-7-2-3-8(11)6-9(7)10(14)13-4-5-17(12,15)16/h2-3,6H,4-5H2,1H3,(H,13,14)(H2,12,15,16). The second-order valence-corrected chi connectivity index (χ2v) is 5.75. The number of nitrogens with one attached hydrogen (secondary N) is 1. The molecule has 1 amide bonds. The molecule has 94 valence electrons. The molecule has 1 rings (SSSR count). The summed E-state index contributed by atoms with van der Waals surface area (Å²) in [4.78, 5) is 11.7. The van der Waals surface area contributed by atoms with Crippen LogP contribution in [-0.4, -0.2) is 26.6 Å². The highest BCUT2D eigenvalue weighted by Gasteiger charge is 2.10. The Labute approximate surface area is 105 Å². The highest BCUT2D eigenvalue weighted by molar-refractivity contribution is 7.89. The molecular formula is C10H13ClN2O3S. The SMILES string of the molecule is Cc1ccc(Cl)cc1C(=O)NCCS(N)(=O)=O. The van der Waals surface area contributed by atoms with Gasteiger partial charge in [0.25, 0.3) is 5.91 Å². The molecule has 0 saturated heterocycles. The molecule has 0 aromatic heterocycles. The lowest BCUT2D eigenvalue weighted by Gasteiger charge is -2.07. The smallest absolute Gasteiger partial charge is 0.251 e. The number of sulfonamides is 1. The molecule has 17 heavy (non-hydrogen) atoms. The summed E-state index contributed by atoms with van der Waals surface area (Å²) in [5, 5.41) is 7.73. The van der Waals surface area contributed by atoms with Crippen molar-refractivity contribution >= 4 is 27.5 Å². The van der Waals surface area contributed by atoms with Crippen molar-refractivity contribution in [3.05, 3.63) is 34.3 Å². The lowest BCUT2D eigenvalue weighted by Crippen LogP contribution is -2.31. The van der Waals surface area contributed by atoms with E-state index in [0.717, 1.165) is 5.56 Å². The van der Waals surface area contributed by atoms with Gasteiger partial charge in [-0.05, 0) is 24.6 Å². The third-order valence-corrected chi connectivity index (χ3v) is 3.12. The molecule has 0 heterocycles. The Morgan fingerprint density at radius 2 is 2.12 bits per heavy atom. The van der Waals surface area contributed by atoms with Crippen molar-refractivity contribution in [2.45, 2.75) is 6.92 Å². The minimum absolute atomic E-state index is 0.0242. The summed E-state index contributed by atoms with van der Waals surface area (Å²) in [7, 11) is -3.56. The molecule has 0 unspecified atom stereocenters. The van der Waals surface area contributed by atoms with Crippen LogP contribution in [0.15, 0.2) is 18.2 Å². The average Bonchev–Trinajstić information content (AvgIpc) is 2.19. The maximum absolute atomic E-state index is 11.7. The van der Waals surface area contributed by atoms with Gasteiger partial charge in [-0.3, -0.25) is 4.79 Å². The van der Waals surface area contributed by atoms with Crippen molar-refractivity contribution < 1.29 is 13.2 Å². The van der Waals surface area contributed by atoms with Crippen molar-refractivity contribution in [3.63, 3.8) is 0 Å². The fourth-order valence-electron chi connectivity index (χ4n) is 1.24. The van der Waals surface area contributed by atoms with Gasteiger partial charge < -0.3 is 5.32 Å². The molecule has 1 aromatic carbocycles. The van der Waals surface area contributed by atoms with E-state index < -0.39 is 10.0 Å². The Morgan fingerprint density at radius 1 is 1.47 bits per heavy atom. The first kappa shape index (κ1) is 14.0. The van der Waals surface area contributed by atoms with Crippen molar-refractivity contribution in [2.75, 3.05) is 12.3 Å². The number of aryl methyl sites for hydroxylation is 1. The van der Waals surface area contributed by atoms with Crippen LogP contribution >= 0.6 is 11.6 Å². The summed E-state index contributed by atoms with van der Waals surface area (Å²) in [6.07, 6.45) is 0. The minimum atomic E-state index is -3.56. The van der Waals surface area contributed by atoms with Crippen LogP contribution in [0.25, 0.3) is 0 Å². The van der Waals surface area contributed by atoms with Crippen LogP contribution in [0, 0.1) is 6.92 Å². The quantitative estimate of drug-likeness (QED) is 0.847. The second-order valence-electron chi connectivity index (χ2n) is 3.58.